The van der Waals surface area contributed by atoms with Gasteiger partial charge in [0.05, 0.1) is 17.3 Å². The normalized spacial score (nSPS) is 29.4. The first-order chi connectivity index (χ1) is 7.13. The molecule has 4 N–H and O–H groups in total. The van der Waals surface area contributed by atoms with Crippen molar-refractivity contribution >= 4 is 0 Å². The van der Waals surface area contributed by atoms with E-state index in [4.69, 9.17) is 11.5 Å². The SMILES string of the molecule is Cc1cccc(C2(N)C=CC=CC2N)n1. The molecule has 0 fully saturated rings. The molecule has 1 aromatic heterocycles. The predicted octanol–water partition coefficient (Wildman–Crippen LogP) is 0.997. The lowest BCUT2D eigenvalue weighted by Crippen LogP contribution is -2.51. The Balaban J connectivity index is 2.45. The van der Waals surface area contributed by atoms with Gasteiger partial charge in [-0.25, -0.2) is 0 Å². The zero-order valence-corrected chi connectivity index (χ0v) is 8.72. The van der Waals surface area contributed by atoms with Gasteiger partial charge in [0, 0.05) is 5.69 Å². The molecule has 0 amide bonds. The molecule has 2 unspecified atom stereocenters. The Morgan fingerprint density at radius 3 is 2.80 bits per heavy atom. The molecule has 0 saturated heterocycles. The van der Waals surface area contributed by atoms with Crippen molar-refractivity contribution in [3.05, 3.63) is 53.9 Å². The molecule has 1 heterocycles. The molecule has 0 aliphatic heterocycles. The van der Waals surface area contributed by atoms with Crippen LogP contribution >= 0.6 is 0 Å². The van der Waals surface area contributed by atoms with Crippen molar-refractivity contribution in [2.75, 3.05) is 0 Å². The van der Waals surface area contributed by atoms with Crippen LogP contribution in [0.4, 0.5) is 0 Å². The Bertz CT molecular complexity index is 423. The van der Waals surface area contributed by atoms with E-state index in [0.29, 0.717) is 0 Å². The average molecular weight is 201 g/mol. The summed E-state index contributed by atoms with van der Waals surface area (Å²) in [7, 11) is 0. The largest absolute Gasteiger partial charge is 0.322 e. The van der Waals surface area contributed by atoms with Crippen LogP contribution in [0.25, 0.3) is 0 Å². The van der Waals surface area contributed by atoms with E-state index in [1.807, 2.05) is 49.4 Å². The third-order valence-electron chi connectivity index (χ3n) is 2.69. The summed E-state index contributed by atoms with van der Waals surface area (Å²) in [6.45, 7) is 1.95. The van der Waals surface area contributed by atoms with E-state index in [1.54, 1.807) is 0 Å². The summed E-state index contributed by atoms with van der Waals surface area (Å²) in [6, 6.07) is 5.58. The van der Waals surface area contributed by atoms with E-state index in [9.17, 15) is 0 Å². The molecule has 15 heavy (non-hydrogen) atoms. The maximum Gasteiger partial charge on any atom is 0.0961 e. The van der Waals surface area contributed by atoms with Crippen LogP contribution < -0.4 is 11.5 Å². The Kier molecular flexibility index (Phi) is 2.42. The molecule has 2 rings (SSSR count). The molecular weight excluding hydrogens is 186 g/mol. The number of pyridine rings is 1. The van der Waals surface area contributed by atoms with Crippen molar-refractivity contribution < 1.29 is 0 Å². The molecule has 0 saturated carbocycles. The van der Waals surface area contributed by atoms with Gasteiger partial charge in [-0.2, -0.15) is 0 Å². The van der Waals surface area contributed by atoms with E-state index >= 15 is 0 Å². The standard InChI is InChI=1S/C12H15N3/c1-9-5-4-7-11(15-9)12(14)8-3-2-6-10(12)13/h2-8,10H,13-14H2,1H3. The van der Waals surface area contributed by atoms with Crippen molar-refractivity contribution in [3.63, 3.8) is 0 Å². The van der Waals surface area contributed by atoms with Crippen LogP contribution in [-0.4, -0.2) is 11.0 Å². The van der Waals surface area contributed by atoms with E-state index < -0.39 is 5.54 Å². The first-order valence-corrected chi connectivity index (χ1v) is 4.97. The monoisotopic (exact) mass is 201 g/mol. The van der Waals surface area contributed by atoms with Crippen molar-refractivity contribution in [3.8, 4) is 0 Å². The fraction of sp³-hybridized carbons (Fsp3) is 0.250. The number of nitrogens with zero attached hydrogens (tertiary/aromatic N) is 1. The van der Waals surface area contributed by atoms with E-state index in [0.717, 1.165) is 11.4 Å². The lowest BCUT2D eigenvalue weighted by molar-refractivity contribution is 0.477. The van der Waals surface area contributed by atoms with E-state index in [1.165, 1.54) is 0 Å². The minimum absolute atomic E-state index is 0.225. The fourth-order valence-electron chi connectivity index (χ4n) is 1.71. The van der Waals surface area contributed by atoms with Gasteiger partial charge in [-0.1, -0.05) is 30.4 Å². The molecule has 1 aliphatic rings. The molecule has 3 nitrogen and oxygen atoms in total. The molecule has 78 valence electrons. The minimum atomic E-state index is -0.680. The summed E-state index contributed by atoms with van der Waals surface area (Å²) >= 11 is 0. The van der Waals surface area contributed by atoms with Gasteiger partial charge in [0.25, 0.3) is 0 Å². The lowest BCUT2D eigenvalue weighted by atomic mass is 9.84. The third kappa shape index (κ3) is 1.71. The molecule has 1 aliphatic carbocycles. The number of aromatic nitrogens is 1. The Hall–Kier alpha value is -1.45. The Labute approximate surface area is 89.5 Å². The van der Waals surface area contributed by atoms with Gasteiger partial charge in [0.1, 0.15) is 0 Å². The van der Waals surface area contributed by atoms with Gasteiger partial charge in [0.2, 0.25) is 0 Å². The molecule has 0 bridgehead atoms. The van der Waals surface area contributed by atoms with Crippen LogP contribution in [-0.2, 0) is 5.54 Å². The highest BCUT2D eigenvalue weighted by atomic mass is 14.9. The Morgan fingerprint density at radius 2 is 2.13 bits per heavy atom. The van der Waals surface area contributed by atoms with Crippen LogP contribution in [0.5, 0.6) is 0 Å². The van der Waals surface area contributed by atoms with Gasteiger partial charge in [-0.15, -0.1) is 0 Å². The number of aryl methyl sites for hydroxylation is 1. The molecular formula is C12H15N3. The second kappa shape index (κ2) is 3.61. The van der Waals surface area contributed by atoms with Crippen LogP contribution in [0.3, 0.4) is 0 Å². The second-order valence-corrected chi connectivity index (χ2v) is 3.87. The predicted molar refractivity (Wildman–Crippen MR) is 61.1 cm³/mol. The summed E-state index contributed by atoms with van der Waals surface area (Å²) < 4.78 is 0. The summed E-state index contributed by atoms with van der Waals surface area (Å²) in [6.07, 6.45) is 7.61. The highest BCUT2D eigenvalue weighted by Gasteiger charge is 2.32. The summed E-state index contributed by atoms with van der Waals surface area (Å²) in [5, 5.41) is 0. The third-order valence-corrected chi connectivity index (χ3v) is 2.69. The number of nitrogens with two attached hydrogens (primary N) is 2. The second-order valence-electron chi connectivity index (χ2n) is 3.87. The van der Waals surface area contributed by atoms with Gasteiger partial charge >= 0.3 is 0 Å². The average Bonchev–Trinajstić information content (AvgIpc) is 2.23. The maximum atomic E-state index is 6.27. The van der Waals surface area contributed by atoms with E-state index in [-0.39, 0.29) is 6.04 Å². The van der Waals surface area contributed by atoms with Crippen molar-refractivity contribution in [1.29, 1.82) is 0 Å². The topological polar surface area (TPSA) is 64.9 Å². The van der Waals surface area contributed by atoms with Crippen LogP contribution in [0.1, 0.15) is 11.4 Å². The van der Waals surface area contributed by atoms with E-state index in [2.05, 4.69) is 4.98 Å². The van der Waals surface area contributed by atoms with Crippen molar-refractivity contribution in [1.82, 2.24) is 4.98 Å². The maximum absolute atomic E-state index is 6.27. The number of hydrogen-bond acceptors (Lipinski definition) is 3. The number of hydrogen-bond donors (Lipinski definition) is 2. The summed E-state index contributed by atoms with van der Waals surface area (Å²) in [4.78, 5) is 4.43. The zero-order chi connectivity index (χ0) is 10.9. The highest BCUT2D eigenvalue weighted by molar-refractivity contribution is 5.34. The number of rotatable bonds is 1. The smallest absolute Gasteiger partial charge is 0.0961 e. The first kappa shape index (κ1) is 10.1. The molecule has 0 spiro atoms. The van der Waals surface area contributed by atoms with Crippen LogP contribution in [0.15, 0.2) is 42.5 Å². The quantitative estimate of drug-likeness (QED) is 0.712. The highest BCUT2D eigenvalue weighted by Crippen LogP contribution is 2.24. The molecule has 0 radical (unpaired) electrons. The number of allylic oxidation sites excluding steroid dienone is 2. The van der Waals surface area contributed by atoms with Gasteiger partial charge < -0.3 is 11.5 Å². The molecule has 2 atom stereocenters. The fourth-order valence-corrected chi connectivity index (χ4v) is 1.71. The van der Waals surface area contributed by atoms with Gasteiger partial charge in [0.15, 0.2) is 0 Å². The lowest BCUT2D eigenvalue weighted by Gasteiger charge is -2.32. The van der Waals surface area contributed by atoms with Crippen molar-refractivity contribution in [2.24, 2.45) is 11.5 Å². The Morgan fingerprint density at radius 1 is 1.33 bits per heavy atom. The first-order valence-electron chi connectivity index (χ1n) is 4.97. The molecule has 0 aromatic carbocycles. The van der Waals surface area contributed by atoms with Gasteiger partial charge in [-0.05, 0) is 19.1 Å². The van der Waals surface area contributed by atoms with Crippen LogP contribution in [0.2, 0.25) is 0 Å². The summed E-state index contributed by atoms with van der Waals surface area (Å²) in [5.41, 5.74) is 13.3. The zero-order valence-electron chi connectivity index (χ0n) is 8.72. The minimum Gasteiger partial charge on any atom is -0.322 e. The molecule has 1 aromatic rings. The van der Waals surface area contributed by atoms with Crippen molar-refractivity contribution in [2.45, 2.75) is 18.5 Å². The van der Waals surface area contributed by atoms with Gasteiger partial charge in [-0.3, -0.25) is 4.98 Å². The summed E-state index contributed by atoms with van der Waals surface area (Å²) in [5.74, 6) is 0. The van der Waals surface area contributed by atoms with Crippen LogP contribution in [0, 0.1) is 6.92 Å². The molecule has 3 heteroatoms.